The molecule has 4 rings (SSSR count). The molecule has 0 saturated carbocycles. The van der Waals surface area contributed by atoms with Crippen LogP contribution in [0.4, 0.5) is 23.3 Å². The molecule has 3 aromatic rings. The Kier molecular flexibility index (Phi) is 5.69. The van der Waals surface area contributed by atoms with Crippen molar-refractivity contribution in [3.05, 3.63) is 66.5 Å². The van der Waals surface area contributed by atoms with Gasteiger partial charge in [0.05, 0.1) is 19.4 Å². The molecule has 8 heteroatoms. The number of rotatable bonds is 6. The summed E-state index contributed by atoms with van der Waals surface area (Å²) >= 11 is 0. The van der Waals surface area contributed by atoms with E-state index >= 15 is 0 Å². The van der Waals surface area contributed by atoms with Crippen LogP contribution in [0.15, 0.2) is 66.0 Å². The maximum atomic E-state index is 5.45. The van der Waals surface area contributed by atoms with Gasteiger partial charge in [-0.25, -0.2) is 0 Å². The van der Waals surface area contributed by atoms with Crippen molar-refractivity contribution in [1.82, 2.24) is 15.0 Å². The topological polar surface area (TPSA) is 87.6 Å². The Labute approximate surface area is 163 Å². The molecule has 0 atom stereocenters. The first-order valence-electron chi connectivity index (χ1n) is 9.10. The van der Waals surface area contributed by atoms with Crippen LogP contribution in [0.25, 0.3) is 0 Å². The summed E-state index contributed by atoms with van der Waals surface area (Å²) in [6.07, 6.45) is 5.18. The molecule has 2 aromatic heterocycles. The molecule has 0 spiro atoms. The molecule has 1 aliphatic rings. The van der Waals surface area contributed by atoms with Gasteiger partial charge >= 0.3 is 0 Å². The highest BCUT2D eigenvalue weighted by atomic mass is 16.5. The minimum Gasteiger partial charge on any atom is -0.378 e. The van der Waals surface area contributed by atoms with E-state index in [-0.39, 0.29) is 0 Å². The number of pyridine rings is 1. The summed E-state index contributed by atoms with van der Waals surface area (Å²) in [5.41, 5.74) is 4.87. The van der Waals surface area contributed by atoms with E-state index in [2.05, 4.69) is 35.7 Å². The number of hydrazone groups is 1. The van der Waals surface area contributed by atoms with Crippen molar-refractivity contribution < 1.29 is 4.74 Å². The van der Waals surface area contributed by atoms with Gasteiger partial charge in [-0.2, -0.15) is 15.1 Å². The summed E-state index contributed by atoms with van der Waals surface area (Å²) in [6.45, 7) is 2.96. The van der Waals surface area contributed by atoms with Crippen LogP contribution >= 0.6 is 0 Å². The third-order valence-electron chi connectivity index (χ3n) is 4.18. The number of hydrogen-bond acceptors (Lipinski definition) is 8. The lowest BCUT2D eigenvalue weighted by Crippen LogP contribution is -2.36. The molecule has 0 radical (unpaired) electrons. The van der Waals surface area contributed by atoms with Crippen LogP contribution in [-0.2, 0) is 4.74 Å². The zero-order chi connectivity index (χ0) is 19.0. The molecule has 1 aromatic carbocycles. The molecule has 28 heavy (non-hydrogen) atoms. The number of nitrogens with zero attached hydrogens (tertiary/aromatic N) is 5. The lowest BCUT2D eigenvalue weighted by Gasteiger charge is -2.28. The van der Waals surface area contributed by atoms with Gasteiger partial charge in [-0.05, 0) is 29.8 Å². The first-order valence-corrected chi connectivity index (χ1v) is 9.10. The molecule has 8 nitrogen and oxygen atoms in total. The number of nitrogens with one attached hydrogen (secondary N) is 2. The molecular formula is C20H21N7O. The summed E-state index contributed by atoms with van der Waals surface area (Å²) in [4.78, 5) is 15.4. The van der Waals surface area contributed by atoms with Gasteiger partial charge in [-0.1, -0.05) is 18.2 Å². The number of aromatic nitrogens is 3. The quantitative estimate of drug-likeness (QED) is 0.506. The van der Waals surface area contributed by atoms with Crippen molar-refractivity contribution in [2.75, 3.05) is 41.9 Å². The second-order valence-corrected chi connectivity index (χ2v) is 6.18. The third kappa shape index (κ3) is 4.80. The largest absolute Gasteiger partial charge is 0.378 e. The SMILES string of the molecule is C(=N\Nc1cc(N2CCOCC2)nc(Nc2ccccc2)n1)/c1ccncc1. The zero-order valence-corrected chi connectivity index (χ0v) is 15.3. The van der Waals surface area contributed by atoms with E-state index < -0.39 is 0 Å². The van der Waals surface area contributed by atoms with Crippen molar-refractivity contribution in [2.45, 2.75) is 0 Å². The highest BCUT2D eigenvalue weighted by Crippen LogP contribution is 2.21. The highest BCUT2D eigenvalue weighted by molar-refractivity contribution is 5.79. The molecule has 142 valence electrons. The van der Waals surface area contributed by atoms with Gasteiger partial charge in [0.1, 0.15) is 5.82 Å². The summed E-state index contributed by atoms with van der Waals surface area (Å²) in [5.74, 6) is 1.95. The molecule has 3 heterocycles. The Morgan fingerprint density at radius 2 is 1.79 bits per heavy atom. The molecule has 1 saturated heterocycles. The molecule has 0 amide bonds. The van der Waals surface area contributed by atoms with Gasteiger partial charge in [0.2, 0.25) is 5.95 Å². The van der Waals surface area contributed by atoms with Gasteiger partial charge in [0.25, 0.3) is 0 Å². The Morgan fingerprint density at radius 1 is 1.00 bits per heavy atom. The summed E-state index contributed by atoms with van der Waals surface area (Å²) in [7, 11) is 0. The fraction of sp³-hybridized carbons (Fsp3) is 0.200. The number of morpholine rings is 1. The summed E-state index contributed by atoms with van der Waals surface area (Å²) in [6, 6.07) is 15.5. The number of ether oxygens (including phenoxy) is 1. The van der Waals surface area contributed by atoms with E-state index in [1.54, 1.807) is 18.6 Å². The highest BCUT2D eigenvalue weighted by Gasteiger charge is 2.15. The van der Waals surface area contributed by atoms with Crippen LogP contribution in [0.2, 0.25) is 0 Å². The number of benzene rings is 1. The fourth-order valence-electron chi connectivity index (χ4n) is 2.78. The Hall–Kier alpha value is -3.52. The molecule has 0 bridgehead atoms. The minimum absolute atomic E-state index is 0.511. The molecule has 2 N–H and O–H groups in total. The van der Waals surface area contributed by atoms with Crippen LogP contribution in [0, 0.1) is 0 Å². The molecule has 0 unspecified atom stereocenters. The lowest BCUT2D eigenvalue weighted by molar-refractivity contribution is 0.122. The minimum atomic E-state index is 0.511. The second kappa shape index (κ2) is 8.92. The van der Waals surface area contributed by atoms with Crippen molar-refractivity contribution in [2.24, 2.45) is 5.10 Å². The van der Waals surface area contributed by atoms with Crippen LogP contribution in [0.5, 0.6) is 0 Å². The molecule has 0 aliphatic carbocycles. The average molecular weight is 375 g/mol. The van der Waals surface area contributed by atoms with Crippen LogP contribution in [0.1, 0.15) is 5.56 Å². The van der Waals surface area contributed by atoms with Crippen LogP contribution in [-0.4, -0.2) is 47.5 Å². The maximum absolute atomic E-state index is 5.45. The zero-order valence-electron chi connectivity index (χ0n) is 15.3. The predicted octanol–water partition coefficient (Wildman–Crippen LogP) is 2.90. The maximum Gasteiger partial charge on any atom is 0.231 e. The van der Waals surface area contributed by atoms with E-state index in [1.165, 1.54) is 0 Å². The van der Waals surface area contributed by atoms with Crippen molar-refractivity contribution >= 4 is 29.5 Å². The summed E-state index contributed by atoms with van der Waals surface area (Å²) < 4.78 is 5.45. The number of para-hydroxylation sites is 1. The van der Waals surface area contributed by atoms with Gasteiger partial charge in [0.15, 0.2) is 5.82 Å². The first kappa shape index (κ1) is 17.9. The van der Waals surface area contributed by atoms with Crippen LogP contribution < -0.4 is 15.6 Å². The van der Waals surface area contributed by atoms with Crippen LogP contribution in [0.3, 0.4) is 0 Å². The lowest BCUT2D eigenvalue weighted by atomic mass is 10.3. The van der Waals surface area contributed by atoms with E-state index in [1.807, 2.05) is 48.5 Å². The summed E-state index contributed by atoms with van der Waals surface area (Å²) in [5, 5.41) is 7.53. The fourth-order valence-corrected chi connectivity index (χ4v) is 2.78. The van der Waals surface area contributed by atoms with Gasteiger partial charge < -0.3 is 15.0 Å². The molecule has 1 fully saturated rings. The Bertz CT molecular complexity index is 912. The van der Waals surface area contributed by atoms with Gasteiger partial charge in [-0.15, -0.1) is 0 Å². The van der Waals surface area contributed by atoms with E-state index in [0.29, 0.717) is 25.0 Å². The monoisotopic (exact) mass is 375 g/mol. The van der Waals surface area contributed by atoms with Crippen molar-refractivity contribution in [3.63, 3.8) is 0 Å². The average Bonchev–Trinajstić information content (AvgIpc) is 2.76. The Morgan fingerprint density at radius 3 is 2.57 bits per heavy atom. The number of anilines is 4. The van der Waals surface area contributed by atoms with Crippen molar-refractivity contribution in [1.29, 1.82) is 0 Å². The standard InChI is InChI=1S/C20H21N7O/c1-2-4-17(5-3-1)23-20-24-18(26-22-15-16-6-8-21-9-7-16)14-19(25-20)27-10-12-28-13-11-27/h1-9,14-15H,10-13H2,(H2,23,24,25,26)/b22-15+. The first-order chi connectivity index (χ1) is 13.9. The predicted molar refractivity (Wildman–Crippen MR) is 110 cm³/mol. The van der Waals surface area contributed by atoms with E-state index in [4.69, 9.17) is 4.74 Å². The van der Waals surface area contributed by atoms with E-state index in [9.17, 15) is 0 Å². The third-order valence-corrected chi connectivity index (χ3v) is 4.18. The Balaban J connectivity index is 1.56. The smallest absolute Gasteiger partial charge is 0.231 e. The number of hydrogen-bond donors (Lipinski definition) is 2. The second-order valence-electron chi connectivity index (χ2n) is 6.18. The van der Waals surface area contributed by atoms with Crippen molar-refractivity contribution in [3.8, 4) is 0 Å². The van der Waals surface area contributed by atoms with Gasteiger partial charge in [0, 0.05) is 37.2 Å². The van der Waals surface area contributed by atoms with E-state index in [0.717, 1.165) is 30.2 Å². The molecular weight excluding hydrogens is 354 g/mol. The van der Waals surface area contributed by atoms with Gasteiger partial charge in [-0.3, -0.25) is 10.4 Å². The normalized spacial score (nSPS) is 14.2. The molecule has 1 aliphatic heterocycles.